The molecule has 1 saturated heterocycles. The molecular weight excluding hydrogens is 381 g/mol. The van der Waals surface area contributed by atoms with Crippen molar-refractivity contribution in [2.45, 2.75) is 19.9 Å². The van der Waals surface area contributed by atoms with Crippen LogP contribution in [0.25, 0.3) is 0 Å². The Bertz CT molecular complexity index is 804. The molecule has 0 spiro atoms. The number of nitrogens with one attached hydrogen (secondary N) is 1. The summed E-state index contributed by atoms with van der Waals surface area (Å²) < 4.78 is 0. The number of carbonyl (C=O) groups excluding carboxylic acids is 1. The van der Waals surface area contributed by atoms with E-state index < -0.39 is 0 Å². The minimum absolute atomic E-state index is 0.0258. The highest BCUT2D eigenvalue weighted by Crippen LogP contribution is 2.25. The third-order valence-electron chi connectivity index (χ3n) is 5.02. The van der Waals surface area contributed by atoms with Crippen molar-refractivity contribution in [3.63, 3.8) is 0 Å². The van der Waals surface area contributed by atoms with Gasteiger partial charge in [-0.3, -0.25) is 9.69 Å². The maximum Gasteiger partial charge on any atom is 0.234 e. The molecule has 0 bridgehead atoms. The molecule has 0 aromatic heterocycles. The van der Waals surface area contributed by atoms with Crippen LogP contribution < -0.4 is 10.2 Å². The summed E-state index contributed by atoms with van der Waals surface area (Å²) in [6, 6.07) is 13.8. The minimum Gasteiger partial charge on any atom is -0.369 e. The number of rotatable bonds is 5. The maximum absolute atomic E-state index is 12.4. The van der Waals surface area contributed by atoms with E-state index in [4.69, 9.17) is 23.2 Å². The lowest BCUT2D eigenvalue weighted by Crippen LogP contribution is -2.49. The monoisotopic (exact) mass is 405 g/mol. The summed E-state index contributed by atoms with van der Waals surface area (Å²) in [5.74, 6) is 0.0258. The van der Waals surface area contributed by atoms with Crippen LogP contribution in [0.4, 0.5) is 5.69 Å². The van der Waals surface area contributed by atoms with E-state index in [0.717, 1.165) is 31.7 Å². The van der Waals surface area contributed by atoms with Gasteiger partial charge in [0.1, 0.15) is 0 Å². The predicted octanol–water partition coefficient (Wildman–Crippen LogP) is 4.30. The van der Waals surface area contributed by atoms with Gasteiger partial charge in [0.05, 0.1) is 22.6 Å². The van der Waals surface area contributed by atoms with E-state index in [-0.39, 0.29) is 11.9 Å². The fraction of sp³-hybridized carbons (Fsp3) is 0.381. The largest absolute Gasteiger partial charge is 0.369 e. The fourth-order valence-electron chi connectivity index (χ4n) is 3.42. The van der Waals surface area contributed by atoms with Crippen molar-refractivity contribution in [1.82, 2.24) is 10.2 Å². The molecule has 1 fully saturated rings. The first-order chi connectivity index (χ1) is 12.9. The molecule has 1 amide bonds. The SMILES string of the molecule is Cc1ccccc1N1CCN(CC(=O)N[C@H](C)c2ccc(Cl)c(Cl)c2)CC1. The number of nitrogens with zero attached hydrogens (tertiary/aromatic N) is 2. The van der Waals surface area contributed by atoms with Gasteiger partial charge in [-0.25, -0.2) is 0 Å². The molecule has 0 aliphatic carbocycles. The van der Waals surface area contributed by atoms with Crippen molar-refractivity contribution in [2.75, 3.05) is 37.6 Å². The summed E-state index contributed by atoms with van der Waals surface area (Å²) in [5, 5.41) is 4.07. The molecule has 1 atom stereocenters. The number of hydrogen-bond acceptors (Lipinski definition) is 3. The molecule has 2 aromatic carbocycles. The van der Waals surface area contributed by atoms with Crippen molar-refractivity contribution < 1.29 is 4.79 Å². The van der Waals surface area contributed by atoms with E-state index in [9.17, 15) is 4.79 Å². The Labute approximate surface area is 171 Å². The molecule has 4 nitrogen and oxygen atoms in total. The fourth-order valence-corrected chi connectivity index (χ4v) is 3.73. The normalized spacial score (nSPS) is 16.2. The maximum atomic E-state index is 12.4. The van der Waals surface area contributed by atoms with Crippen molar-refractivity contribution in [3.8, 4) is 0 Å². The Hall–Kier alpha value is -1.75. The lowest BCUT2D eigenvalue weighted by Gasteiger charge is -2.36. The van der Waals surface area contributed by atoms with Gasteiger partial charge in [-0.15, -0.1) is 0 Å². The highest BCUT2D eigenvalue weighted by atomic mass is 35.5. The summed E-state index contributed by atoms with van der Waals surface area (Å²) in [5.41, 5.74) is 3.52. The lowest BCUT2D eigenvalue weighted by molar-refractivity contribution is -0.123. The van der Waals surface area contributed by atoms with Crippen LogP contribution in [0, 0.1) is 6.92 Å². The van der Waals surface area contributed by atoms with Crippen LogP contribution in [0.15, 0.2) is 42.5 Å². The first kappa shape index (κ1) is 20.0. The quantitative estimate of drug-likeness (QED) is 0.804. The molecule has 1 heterocycles. The average molecular weight is 406 g/mol. The zero-order valence-corrected chi connectivity index (χ0v) is 17.2. The van der Waals surface area contributed by atoms with E-state index in [1.807, 2.05) is 13.0 Å². The molecule has 0 radical (unpaired) electrons. The van der Waals surface area contributed by atoms with Gasteiger partial charge in [0.25, 0.3) is 0 Å². The minimum atomic E-state index is -0.111. The van der Waals surface area contributed by atoms with Gasteiger partial charge in [0.2, 0.25) is 5.91 Å². The number of para-hydroxylation sites is 1. The van der Waals surface area contributed by atoms with Gasteiger partial charge in [-0.05, 0) is 43.2 Å². The Balaban J connectivity index is 1.49. The van der Waals surface area contributed by atoms with Crippen molar-refractivity contribution >= 4 is 34.8 Å². The molecule has 0 unspecified atom stereocenters. The number of anilines is 1. The number of carbonyl (C=O) groups is 1. The molecule has 1 N–H and O–H groups in total. The zero-order chi connectivity index (χ0) is 19.4. The lowest BCUT2D eigenvalue weighted by atomic mass is 10.1. The summed E-state index contributed by atoms with van der Waals surface area (Å²) in [4.78, 5) is 17.0. The second-order valence-corrected chi connectivity index (χ2v) is 7.83. The Morgan fingerprint density at radius 1 is 1.07 bits per heavy atom. The van der Waals surface area contributed by atoms with Crippen LogP contribution >= 0.6 is 23.2 Å². The molecule has 1 aliphatic rings. The zero-order valence-electron chi connectivity index (χ0n) is 15.7. The second kappa shape index (κ2) is 8.96. The highest BCUT2D eigenvalue weighted by Gasteiger charge is 2.21. The second-order valence-electron chi connectivity index (χ2n) is 7.01. The molecule has 6 heteroatoms. The van der Waals surface area contributed by atoms with E-state index in [1.165, 1.54) is 11.3 Å². The number of aryl methyl sites for hydroxylation is 1. The standard InChI is InChI=1S/C21H25Cl2N3O/c1-15-5-3-4-6-20(15)26-11-9-25(10-12-26)14-21(27)24-16(2)17-7-8-18(22)19(23)13-17/h3-8,13,16H,9-12,14H2,1-2H3,(H,24,27)/t16-/m1/s1. The van der Waals surface area contributed by atoms with Crippen molar-refractivity contribution in [2.24, 2.45) is 0 Å². The summed E-state index contributed by atoms with van der Waals surface area (Å²) in [6.07, 6.45) is 0. The number of benzene rings is 2. The number of piperazine rings is 1. The topological polar surface area (TPSA) is 35.6 Å². The van der Waals surface area contributed by atoms with Gasteiger partial charge < -0.3 is 10.2 Å². The molecule has 0 saturated carbocycles. The van der Waals surface area contributed by atoms with E-state index >= 15 is 0 Å². The van der Waals surface area contributed by atoms with E-state index in [2.05, 4.69) is 46.3 Å². The predicted molar refractivity (Wildman–Crippen MR) is 113 cm³/mol. The van der Waals surface area contributed by atoms with Gasteiger partial charge >= 0.3 is 0 Å². The van der Waals surface area contributed by atoms with Crippen molar-refractivity contribution in [3.05, 3.63) is 63.6 Å². The Kier molecular flexibility index (Phi) is 6.64. The summed E-state index contributed by atoms with van der Waals surface area (Å²) in [7, 11) is 0. The van der Waals surface area contributed by atoms with E-state index in [0.29, 0.717) is 16.6 Å². The van der Waals surface area contributed by atoms with Crippen LogP contribution in [-0.2, 0) is 4.79 Å². The Morgan fingerprint density at radius 3 is 2.44 bits per heavy atom. The van der Waals surface area contributed by atoms with Crippen molar-refractivity contribution in [1.29, 1.82) is 0 Å². The van der Waals surface area contributed by atoms with Crippen LogP contribution in [-0.4, -0.2) is 43.5 Å². The first-order valence-electron chi connectivity index (χ1n) is 9.21. The Morgan fingerprint density at radius 2 is 1.78 bits per heavy atom. The van der Waals surface area contributed by atoms with Crippen LogP contribution in [0.2, 0.25) is 10.0 Å². The smallest absolute Gasteiger partial charge is 0.234 e. The number of amides is 1. The third-order valence-corrected chi connectivity index (χ3v) is 5.76. The molecule has 27 heavy (non-hydrogen) atoms. The summed E-state index contributed by atoms with van der Waals surface area (Å²) in [6.45, 7) is 8.12. The van der Waals surface area contributed by atoms with Crippen LogP contribution in [0.1, 0.15) is 24.1 Å². The van der Waals surface area contributed by atoms with Crippen LogP contribution in [0.5, 0.6) is 0 Å². The van der Waals surface area contributed by atoms with Gasteiger partial charge in [-0.2, -0.15) is 0 Å². The van der Waals surface area contributed by atoms with Gasteiger partial charge in [0.15, 0.2) is 0 Å². The number of halogens is 2. The van der Waals surface area contributed by atoms with Crippen LogP contribution in [0.3, 0.4) is 0 Å². The number of hydrogen-bond donors (Lipinski definition) is 1. The highest BCUT2D eigenvalue weighted by molar-refractivity contribution is 6.42. The molecule has 2 aromatic rings. The van der Waals surface area contributed by atoms with Gasteiger partial charge in [-0.1, -0.05) is 47.5 Å². The summed E-state index contributed by atoms with van der Waals surface area (Å²) >= 11 is 12.0. The first-order valence-corrected chi connectivity index (χ1v) is 9.97. The van der Waals surface area contributed by atoms with Gasteiger partial charge in [0, 0.05) is 31.9 Å². The third kappa shape index (κ3) is 5.16. The molecule has 3 rings (SSSR count). The molecular formula is C21H25Cl2N3O. The van der Waals surface area contributed by atoms with E-state index in [1.54, 1.807) is 12.1 Å². The average Bonchev–Trinajstić information content (AvgIpc) is 2.65. The molecule has 144 valence electrons. The molecule has 1 aliphatic heterocycles.